The molecule has 0 saturated heterocycles. The van der Waals surface area contributed by atoms with Gasteiger partial charge in [-0.3, -0.25) is 9.89 Å². The number of H-pyrrole nitrogens is 1. The van der Waals surface area contributed by atoms with Gasteiger partial charge in [0.1, 0.15) is 0 Å². The molecule has 2 heterocycles. The van der Waals surface area contributed by atoms with Crippen LogP contribution in [-0.2, 0) is 4.79 Å². The molecule has 0 aliphatic carbocycles. The Bertz CT molecular complexity index is 709. The molecule has 6 heteroatoms. The standard InChI is InChI=1S/C16H19N3O3/c1-4-22-12-6-5-10(7-13(12)21-3)11-8-14(20)17-16-15(11)9(2)18-19-16/h5-7,11H,4,8H2,1-3H3,(H2,17,18,19,20)/t11-/m1/s1. The van der Waals surface area contributed by atoms with Crippen molar-refractivity contribution in [3.05, 3.63) is 35.0 Å². The van der Waals surface area contributed by atoms with Gasteiger partial charge in [0.2, 0.25) is 5.91 Å². The average molecular weight is 301 g/mol. The van der Waals surface area contributed by atoms with E-state index in [1.54, 1.807) is 7.11 Å². The third-order valence-electron chi connectivity index (χ3n) is 3.88. The Kier molecular flexibility index (Phi) is 3.75. The summed E-state index contributed by atoms with van der Waals surface area (Å²) in [5.41, 5.74) is 3.01. The molecular weight excluding hydrogens is 282 g/mol. The third-order valence-corrected chi connectivity index (χ3v) is 3.88. The van der Waals surface area contributed by atoms with Gasteiger partial charge in [0.15, 0.2) is 17.3 Å². The summed E-state index contributed by atoms with van der Waals surface area (Å²) in [6.07, 6.45) is 0.393. The molecule has 1 atom stereocenters. The number of fused-ring (bicyclic) bond motifs is 1. The first kappa shape index (κ1) is 14.4. The van der Waals surface area contributed by atoms with E-state index in [0.717, 1.165) is 16.8 Å². The number of hydrogen-bond donors (Lipinski definition) is 2. The van der Waals surface area contributed by atoms with Crippen LogP contribution in [0.5, 0.6) is 11.5 Å². The van der Waals surface area contributed by atoms with Gasteiger partial charge >= 0.3 is 0 Å². The molecule has 1 aromatic heterocycles. The van der Waals surface area contributed by atoms with Crippen LogP contribution in [0, 0.1) is 6.92 Å². The fourth-order valence-corrected chi connectivity index (χ4v) is 2.89. The van der Waals surface area contributed by atoms with E-state index in [9.17, 15) is 4.79 Å². The van der Waals surface area contributed by atoms with Crippen LogP contribution in [0.3, 0.4) is 0 Å². The minimum Gasteiger partial charge on any atom is -0.493 e. The van der Waals surface area contributed by atoms with E-state index in [-0.39, 0.29) is 11.8 Å². The number of rotatable bonds is 4. The number of hydrogen-bond acceptors (Lipinski definition) is 4. The summed E-state index contributed by atoms with van der Waals surface area (Å²) < 4.78 is 11.0. The van der Waals surface area contributed by atoms with Crippen LogP contribution in [0.25, 0.3) is 0 Å². The first-order chi connectivity index (χ1) is 10.6. The summed E-state index contributed by atoms with van der Waals surface area (Å²) in [5.74, 6) is 1.93. The lowest BCUT2D eigenvalue weighted by Crippen LogP contribution is -2.23. The highest BCUT2D eigenvalue weighted by atomic mass is 16.5. The number of nitrogens with one attached hydrogen (secondary N) is 2. The maximum atomic E-state index is 11.9. The SMILES string of the molecule is CCOc1ccc([C@H]2CC(=O)Nc3n[nH]c(C)c32)cc1OC. The Morgan fingerprint density at radius 1 is 1.36 bits per heavy atom. The van der Waals surface area contributed by atoms with Gasteiger partial charge in [-0.25, -0.2) is 0 Å². The lowest BCUT2D eigenvalue weighted by molar-refractivity contribution is -0.116. The molecule has 2 aromatic rings. The molecule has 3 rings (SSSR count). The fourth-order valence-electron chi connectivity index (χ4n) is 2.89. The Morgan fingerprint density at radius 3 is 2.91 bits per heavy atom. The maximum absolute atomic E-state index is 11.9. The number of aromatic nitrogens is 2. The molecule has 0 bridgehead atoms. The van der Waals surface area contributed by atoms with E-state index in [2.05, 4.69) is 15.5 Å². The van der Waals surface area contributed by atoms with Crippen LogP contribution in [0.15, 0.2) is 18.2 Å². The quantitative estimate of drug-likeness (QED) is 0.910. The molecule has 0 saturated carbocycles. The number of anilines is 1. The van der Waals surface area contributed by atoms with Crippen molar-refractivity contribution in [2.45, 2.75) is 26.2 Å². The monoisotopic (exact) mass is 301 g/mol. The van der Waals surface area contributed by atoms with Crippen LogP contribution < -0.4 is 14.8 Å². The summed E-state index contributed by atoms with van der Waals surface area (Å²) in [6, 6.07) is 5.80. The van der Waals surface area contributed by atoms with E-state index in [1.807, 2.05) is 32.0 Å². The molecule has 1 aliphatic heterocycles. The normalized spacial score (nSPS) is 16.9. The van der Waals surface area contributed by atoms with E-state index in [1.165, 1.54) is 0 Å². The minimum absolute atomic E-state index is 0.0307. The molecule has 0 spiro atoms. The van der Waals surface area contributed by atoms with Crippen LogP contribution in [-0.4, -0.2) is 29.8 Å². The van der Waals surface area contributed by atoms with Crippen molar-refractivity contribution in [2.75, 3.05) is 19.0 Å². The second kappa shape index (κ2) is 5.71. The second-order valence-corrected chi connectivity index (χ2v) is 5.26. The van der Waals surface area contributed by atoms with Crippen molar-refractivity contribution in [1.29, 1.82) is 0 Å². The maximum Gasteiger partial charge on any atom is 0.226 e. The van der Waals surface area contributed by atoms with Gasteiger partial charge in [-0.15, -0.1) is 0 Å². The summed E-state index contributed by atoms with van der Waals surface area (Å²) in [7, 11) is 1.61. The molecule has 0 unspecified atom stereocenters. The zero-order valence-electron chi connectivity index (χ0n) is 12.9. The number of nitrogens with zero attached hydrogens (tertiary/aromatic N) is 1. The van der Waals surface area contributed by atoms with Gasteiger partial charge in [0.25, 0.3) is 0 Å². The van der Waals surface area contributed by atoms with Crippen molar-refractivity contribution in [2.24, 2.45) is 0 Å². The van der Waals surface area contributed by atoms with E-state index in [0.29, 0.717) is 30.3 Å². The van der Waals surface area contributed by atoms with E-state index >= 15 is 0 Å². The van der Waals surface area contributed by atoms with Gasteiger partial charge in [0, 0.05) is 23.6 Å². The number of amides is 1. The predicted octanol–water partition coefficient (Wildman–Crippen LogP) is 2.60. The van der Waals surface area contributed by atoms with Gasteiger partial charge in [0.05, 0.1) is 13.7 Å². The molecule has 0 fully saturated rings. The Morgan fingerprint density at radius 2 is 2.18 bits per heavy atom. The molecule has 22 heavy (non-hydrogen) atoms. The summed E-state index contributed by atoms with van der Waals surface area (Å²) in [6.45, 7) is 4.47. The van der Waals surface area contributed by atoms with Crippen LogP contribution >= 0.6 is 0 Å². The first-order valence-electron chi connectivity index (χ1n) is 7.29. The van der Waals surface area contributed by atoms with Gasteiger partial charge in [-0.2, -0.15) is 5.10 Å². The minimum atomic E-state index is -0.0351. The van der Waals surface area contributed by atoms with Crippen LogP contribution in [0.1, 0.15) is 36.1 Å². The number of aryl methyl sites for hydroxylation is 1. The lowest BCUT2D eigenvalue weighted by Gasteiger charge is -2.23. The number of benzene rings is 1. The van der Waals surface area contributed by atoms with Crippen LogP contribution in [0.4, 0.5) is 5.82 Å². The predicted molar refractivity (Wildman–Crippen MR) is 82.6 cm³/mol. The smallest absolute Gasteiger partial charge is 0.226 e. The molecule has 1 aromatic carbocycles. The average Bonchev–Trinajstić information content (AvgIpc) is 2.88. The zero-order chi connectivity index (χ0) is 15.7. The number of aromatic amines is 1. The van der Waals surface area contributed by atoms with Gasteiger partial charge in [-0.1, -0.05) is 6.07 Å². The molecule has 1 amide bonds. The molecule has 1 aliphatic rings. The summed E-state index contributed by atoms with van der Waals surface area (Å²) in [4.78, 5) is 11.9. The number of methoxy groups -OCH3 is 1. The zero-order valence-corrected chi connectivity index (χ0v) is 12.9. The Balaban J connectivity index is 2.04. The largest absolute Gasteiger partial charge is 0.493 e. The second-order valence-electron chi connectivity index (χ2n) is 5.26. The number of carbonyl (C=O) groups excluding carboxylic acids is 1. The molecule has 116 valence electrons. The van der Waals surface area contributed by atoms with Crippen molar-refractivity contribution in [3.8, 4) is 11.5 Å². The van der Waals surface area contributed by atoms with Crippen molar-refractivity contribution < 1.29 is 14.3 Å². The highest BCUT2D eigenvalue weighted by Gasteiger charge is 2.30. The summed E-state index contributed by atoms with van der Waals surface area (Å²) >= 11 is 0. The fraction of sp³-hybridized carbons (Fsp3) is 0.375. The van der Waals surface area contributed by atoms with Crippen molar-refractivity contribution in [3.63, 3.8) is 0 Å². The highest BCUT2D eigenvalue weighted by Crippen LogP contribution is 2.40. The molecule has 2 N–H and O–H groups in total. The van der Waals surface area contributed by atoms with Crippen molar-refractivity contribution >= 4 is 11.7 Å². The molecule has 0 radical (unpaired) electrons. The Hall–Kier alpha value is -2.50. The van der Waals surface area contributed by atoms with E-state index in [4.69, 9.17) is 9.47 Å². The first-order valence-corrected chi connectivity index (χ1v) is 7.29. The number of carbonyl (C=O) groups is 1. The molecular formula is C16H19N3O3. The Labute approximate surface area is 128 Å². The summed E-state index contributed by atoms with van der Waals surface area (Å²) in [5, 5.41) is 9.90. The third kappa shape index (κ3) is 2.41. The van der Waals surface area contributed by atoms with E-state index < -0.39 is 0 Å². The highest BCUT2D eigenvalue weighted by molar-refractivity contribution is 5.94. The van der Waals surface area contributed by atoms with Crippen molar-refractivity contribution in [1.82, 2.24) is 10.2 Å². The van der Waals surface area contributed by atoms with Gasteiger partial charge < -0.3 is 14.8 Å². The number of ether oxygens (including phenoxy) is 2. The lowest BCUT2D eigenvalue weighted by atomic mass is 9.85. The topological polar surface area (TPSA) is 76.2 Å². The molecule has 6 nitrogen and oxygen atoms in total. The van der Waals surface area contributed by atoms with Crippen LogP contribution in [0.2, 0.25) is 0 Å². The van der Waals surface area contributed by atoms with Gasteiger partial charge in [-0.05, 0) is 31.5 Å².